The molecule has 3 saturated heterocycles. The molecule has 8 unspecified atom stereocenters. The molecule has 330 valence electrons. The zero-order valence-corrected chi connectivity index (χ0v) is 36.8. The highest BCUT2D eigenvalue weighted by Gasteiger charge is 2.58. The van der Waals surface area contributed by atoms with Gasteiger partial charge in [-0.25, -0.2) is 0 Å². The molecule has 56 heavy (non-hydrogen) atoms. The fourth-order valence-corrected chi connectivity index (χ4v) is 9.21. The van der Waals surface area contributed by atoms with E-state index in [1.54, 1.807) is 34.6 Å². The van der Waals surface area contributed by atoms with Crippen LogP contribution in [0.3, 0.4) is 0 Å². The Labute approximate surface area is 336 Å². The van der Waals surface area contributed by atoms with Gasteiger partial charge in [-0.1, -0.05) is 27.7 Å². The van der Waals surface area contributed by atoms with Gasteiger partial charge < -0.3 is 69.5 Å². The number of ether oxygens (including phenoxy) is 6. The molecule has 3 heterocycles. The zero-order chi connectivity index (χ0) is 42.6. The third-order valence-corrected chi connectivity index (χ3v) is 13.0. The summed E-state index contributed by atoms with van der Waals surface area (Å²) in [6.45, 7) is 20.9. The Bertz CT molecular complexity index is 1230. The van der Waals surface area contributed by atoms with Crippen molar-refractivity contribution in [1.82, 2.24) is 15.5 Å². The maximum atomic E-state index is 14.3. The van der Waals surface area contributed by atoms with E-state index in [0.717, 1.165) is 6.42 Å². The van der Waals surface area contributed by atoms with Crippen molar-refractivity contribution < 1.29 is 58.7 Å². The van der Waals surface area contributed by atoms with Crippen LogP contribution in [-0.2, 0) is 33.2 Å². The van der Waals surface area contributed by atoms with Crippen molar-refractivity contribution in [3.8, 4) is 0 Å². The highest BCUT2D eigenvalue weighted by atomic mass is 16.7. The summed E-state index contributed by atoms with van der Waals surface area (Å²) in [6, 6.07) is -0.877. The predicted octanol–water partition coefficient (Wildman–Crippen LogP) is 1.93. The third-order valence-electron chi connectivity index (χ3n) is 13.0. The summed E-state index contributed by atoms with van der Waals surface area (Å²) >= 11 is 0. The van der Waals surface area contributed by atoms with Crippen LogP contribution in [0, 0.1) is 17.8 Å². The molecule has 0 aromatic heterocycles. The van der Waals surface area contributed by atoms with Gasteiger partial charge in [0.25, 0.3) is 0 Å². The van der Waals surface area contributed by atoms with Crippen molar-refractivity contribution >= 4 is 5.97 Å². The van der Waals surface area contributed by atoms with Crippen LogP contribution in [-0.4, -0.2) is 167 Å². The topological polar surface area (TPSA) is 201 Å². The molecule has 0 bridgehead atoms. The van der Waals surface area contributed by atoms with Crippen molar-refractivity contribution in [3.63, 3.8) is 0 Å². The molecule has 0 aromatic carbocycles. The second-order valence-corrected chi connectivity index (χ2v) is 18.2. The number of aliphatic hydroxyl groups excluding tert-OH is 2. The summed E-state index contributed by atoms with van der Waals surface area (Å²) < 4.78 is 38.3. The largest absolute Gasteiger partial charge is 0.459 e. The molecule has 18 atom stereocenters. The van der Waals surface area contributed by atoms with Gasteiger partial charge in [-0.2, -0.15) is 0 Å². The average molecular weight is 806 g/mol. The minimum Gasteiger partial charge on any atom is -0.459 e. The van der Waals surface area contributed by atoms with Gasteiger partial charge in [-0.15, -0.1) is 0 Å². The second-order valence-electron chi connectivity index (χ2n) is 18.2. The zero-order valence-electron chi connectivity index (χ0n) is 36.8. The molecule has 0 spiro atoms. The number of aliphatic hydroxyl groups is 5. The first-order valence-electron chi connectivity index (χ1n) is 20.9. The van der Waals surface area contributed by atoms with Gasteiger partial charge in [0.05, 0.1) is 35.9 Å². The van der Waals surface area contributed by atoms with Crippen LogP contribution >= 0.6 is 0 Å². The van der Waals surface area contributed by atoms with Crippen LogP contribution in [0.4, 0.5) is 0 Å². The number of methoxy groups -OCH3 is 1. The number of esters is 1. The maximum absolute atomic E-state index is 14.3. The van der Waals surface area contributed by atoms with Gasteiger partial charge in [-0.3, -0.25) is 4.79 Å². The van der Waals surface area contributed by atoms with E-state index >= 15 is 0 Å². The third kappa shape index (κ3) is 11.0. The van der Waals surface area contributed by atoms with E-state index in [4.69, 9.17) is 28.4 Å². The molecular formula is C41H79N3O12. The van der Waals surface area contributed by atoms with E-state index < -0.39 is 95.5 Å². The number of nitrogens with zero attached hydrogens (tertiary/aromatic N) is 1. The Hall–Kier alpha value is -1.05. The first-order chi connectivity index (χ1) is 25.9. The number of rotatable bonds is 11. The minimum atomic E-state index is -1.81. The molecule has 3 rings (SSSR count). The monoisotopic (exact) mass is 806 g/mol. The van der Waals surface area contributed by atoms with Crippen molar-refractivity contribution in [2.75, 3.05) is 40.8 Å². The quantitative estimate of drug-likeness (QED) is 0.118. The van der Waals surface area contributed by atoms with Gasteiger partial charge in [-0.05, 0) is 107 Å². The number of carbonyl (C=O) groups is 1. The minimum absolute atomic E-state index is 0.0939. The van der Waals surface area contributed by atoms with E-state index in [1.165, 1.54) is 14.0 Å². The van der Waals surface area contributed by atoms with Gasteiger partial charge in [0.15, 0.2) is 12.6 Å². The molecule has 0 aliphatic carbocycles. The summed E-state index contributed by atoms with van der Waals surface area (Å²) in [4.78, 5) is 16.2. The van der Waals surface area contributed by atoms with Crippen molar-refractivity contribution in [2.45, 2.75) is 198 Å². The molecular weight excluding hydrogens is 726 g/mol. The highest BCUT2D eigenvalue weighted by Crippen LogP contribution is 2.43. The Morgan fingerprint density at radius 2 is 1.61 bits per heavy atom. The van der Waals surface area contributed by atoms with Crippen LogP contribution < -0.4 is 10.6 Å². The van der Waals surface area contributed by atoms with Crippen LogP contribution in [0.2, 0.25) is 0 Å². The number of nitrogens with one attached hydrogen (secondary N) is 2. The summed E-state index contributed by atoms with van der Waals surface area (Å²) in [5.41, 5.74) is -5.95. The molecule has 0 saturated carbocycles. The number of hydrogen-bond donors (Lipinski definition) is 7. The van der Waals surface area contributed by atoms with Gasteiger partial charge >= 0.3 is 5.97 Å². The fourth-order valence-electron chi connectivity index (χ4n) is 9.21. The predicted molar refractivity (Wildman–Crippen MR) is 212 cm³/mol. The van der Waals surface area contributed by atoms with Crippen molar-refractivity contribution in [2.24, 2.45) is 17.8 Å². The lowest BCUT2D eigenvalue weighted by Crippen LogP contribution is -2.70. The number of hydrogen-bond acceptors (Lipinski definition) is 15. The Kier molecular flexibility index (Phi) is 17.6. The lowest BCUT2D eigenvalue weighted by molar-refractivity contribution is -0.336. The van der Waals surface area contributed by atoms with E-state index in [2.05, 4.69) is 10.6 Å². The first-order valence-corrected chi connectivity index (χ1v) is 20.9. The molecule has 3 aliphatic heterocycles. The van der Waals surface area contributed by atoms with E-state index in [9.17, 15) is 30.3 Å². The lowest BCUT2D eigenvalue weighted by atomic mass is 9.75. The van der Waals surface area contributed by atoms with Crippen LogP contribution in [0.15, 0.2) is 0 Å². The van der Waals surface area contributed by atoms with Gasteiger partial charge in [0.2, 0.25) is 0 Å². The molecule has 3 aliphatic rings. The summed E-state index contributed by atoms with van der Waals surface area (Å²) in [7, 11) is 5.31. The molecule has 3 fully saturated rings. The molecule has 7 N–H and O–H groups in total. The normalized spacial score (nSPS) is 47.9. The van der Waals surface area contributed by atoms with Crippen LogP contribution in [0.1, 0.15) is 108 Å². The molecule has 0 radical (unpaired) electrons. The van der Waals surface area contributed by atoms with Crippen LogP contribution in [0.25, 0.3) is 0 Å². The van der Waals surface area contributed by atoms with E-state index in [1.807, 2.05) is 53.6 Å². The molecule has 15 nitrogen and oxygen atoms in total. The smallest absolute Gasteiger partial charge is 0.311 e. The van der Waals surface area contributed by atoms with Gasteiger partial charge in [0.1, 0.15) is 35.1 Å². The molecule has 0 amide bonds. The second kappa shape index (κ2) is 20.0. The Morgan fingerprint density at radius 1 is 0.964 bits per heavy atom. The Balaban J connectivity index is 2.16. The maximum Gasteiger partial charge on any atom is 0.311 e. The summed E-state index contributed by atoms with van der Waals surface area (Å²) in [5, 5.41) is 65.8. The van der Waals surface area contributed by atoms with Crippen molar-refractivity contribution in [3.05, 3.63) is 0 Å². The molecule has 15 heteroatoms. The number of cyclic esters (lactones) is 1. The standard InChI is InChI=1S/C41H79N3O12/c1-15-17-42-22-41(50)28(8)53-31(20-39(41,10)51-14)55-33-25(5)35(56-37-32(45)29(44(12)13)18-24(4)52-37)38(9,48)19-23(3)21-43-27(7)34(46)40(11,49)30(16-2)54-36(47)26(33)6/h23-35,37,42-43,45-46,48-50H,15-22H2,1-14H3/t23-,24?,25?,26?,27-,28?,29?,30?,31+,32-,33?,34-,35-,37?,38+,39-,40-,41+/m1/s1. The Morgan fingerprint density at radius 3 is 2.18 bits per heavy atom. The number of likely N-dealkylation sites (N-methyl/N-ethyl adjacent to an activating group) is 1. The van der Waals surface area contributed by atoms with E-state index in [0.29, 0.717) is 19.5 Å². The average Bonchev–Trinajstić information content (AvgIpc) is 3.12. The fraction of sp³-hybridized carbons (Fsp3) is 0.976. The summed E-state index contributed by atoms with van der Waals surface area (Å²) in [6.07, 6.45) is -6.71. The molecule has 0 aromatic rings. The lowest BCUT2D eigenvalue weighted by Gasteiger charge is -2.53. The first kappa shape index (κ1) is 49.3. The highest BCUT2D eigenvalue weighted by molar-refractivity contribution is 5.73. The number of carbonyl (C=O) groups excluding carboxylic acids is 1. The van der Waals surface area contributed by atoms with Crippen LogP contribution in [0.5, 0.6) is 0 Å². The SMILES string of the molecule is CCCNC[C@]1(O)C(C)O[C@@H](OC2C(C)C(=O)OC(CC)[C@@](C)(O)[C@H](O)[C@@H](C)NC[C@H](C)C[C@](C)(O)[C@H](OC3OC(C)CC(N(C)C)[C@H]3O)C2C)C[C@@]1(C)OC. The summed E-state index contributed by atoms with van der Waals surface area (Å²) in [5.74, 6) is -2.66. The van der Waals surface area contributed by atoms with E-state index in [-0.39, 0.29) is 43.9 Å². The van der Waals surface area contributed by atoms with Gasteiger partial charge in [0, 0.05) is 38.1 Å². The van der Waals surface area contributed by atoms with Crippen molar-refractivity contribution in [1.29, 1.82) is 0 Å².